The van der Waals surface area contributed by atoms with Crippen LogP contribution in [0.15, 0.2) is 84.9 Å². The number of aromatic nitrogens is 1. The quantitative estimate of drug-likeness (QED) is 0.0570. The highest BCUT2D eigenvalue weighted by molar-refractivity contribution is 6.36. The van der Waals surface area contributed by atoms with E-state index in [2.05, 4.69) is 15.6 Å². The van der Waals surface area contributed by atoms with Crippen LogP contribution in [0.25, 0.3) is 22.3 Å². The molecule has 0 unspecified atom stereocenters. The lowest BCUT2D eigenvalue weighted by Crippen LogP contribution is -2.52. The van der Waals surface area contributed by atoms with E-state index in [9.17, 15) is 25.5 Å². The number of aliphatic hydroxyl groups is 2. The average Bonchev–Trinajstić information content (AvgIpc) is 3.65. The van der Waals surface area contributed by atoms with Crippen molar-refractivity contribution in [3.05, 3.63) is 128 Å². The Labute approximate surface area is 346 Å². The summed E-state index contributed by atoms with van der Waals surface area (Å²) in [5.41, 5.74) is 5.59. The molecule has 58 heavy (non-hydrogen) atoms. The number of aliphatic carboxylic acids is 1. The Hall–Kier alpha value is -5.70. The minimum atomic E-state index is -1.66. The van der Waals surface area contributed by atoms with Crippen molar-refractivity contribution in [3.63, 3.8) is 0 Å². The summed E-state index contributed by atoms with van der Waals surface area (Å²) in [5.74, 6) is -0.329. The molecule has 0 radical (unpaired) electrons. The Bertz CT molecular complexity index is 2330. The van der Waals surface area contributed by atoms with Crippen LogP contribution in [0.3, 0.4) is 0 Å². The van der Waals surface area contributed by atoms with Gasteiger partial charge in [0.25, 0.3) is 0 Å². The second kappa shape index (κ2) is 19.2. The molecule has 14 heteroatoms. The van der Waals surface area contributed by atoms with Crippen LogP contribution in [-0.2, 0) is 24.4 Å². The van der Waals surface area contributed by atoms with Gasteiger partial charge in [0.15, 0.2) is 0 Å². The number of pyridine rings is 1. The van der Waals surface area contributed by atoms with Gasteiger partial charge in [0.2, 0.25) is 11.8 Å². The zero-order chi connectivity index (χ0) is 41.2. The van der Waals surface area contributed by atoms with E-state index in [4.69, 9.17) is 42.5 Å². The van der Waals surface area contributed by atoms with Gasteiger partial charge in [-0.15, -0.1) is 0 Å². The number of nitrogens with zero attached hydrogens (tertiary/aromatic N) is 3. The molecule has 1 aromatic heterocycles. The van der Waals surface area contributed by atoms with Crippen molar-refractivity contribution in [1.29, 1.82) is 10.5 Å². The van der Waals surface area contributed by atoms with Gasteiger partial charge in [-0.2, -0.15) is 15.5 Å². The fourth-order valence-corrected chi connectivity index (χ4v) is 7.19. The number of halogens is 2. The zero-order valence-electron chi connectivity index (χ0n) is 31.6. The molecule has 0 saturated carbocycles. The lowest BCUT2D eigenvalue weighted by atomic mass is 9.94. The number of hydrogen-bond acceptors (Lipinski definition) is 11. The highest BCUT2D eigenvalue weighted by Crippen LogP contribution is 2.45. The molecule has 1 aliphatic carbocycles. The molecular formula is C44H41Cl2N5O7. The van der Waals surface area contributed by atoms with Gasteiger partial charge in [0, 0.05) is 36.3 Å². The minimum absolute atomic E-state index is 0.0708. The monoisotopic (exact) mass is 821 g/mol. The summed E-state index contributed by atoms with van der Waals surface area (Å²) in [6, 6.07) is 30.1. The summed E-state index contributed by atoms with van der Waals surface area (Å²) in [5, 5.41) is 54.1. The molecule has 1 aliphatic rings. The number of ether oxygens (including phenoxy) is 3. The minimum Gasteiger partial charge on any atom is -0.492 e. The molecule has 5 N–H and O–H groups in total. The van der Waals surface area contributed by atoms with Crippen LogP contribution in [0, 0.1) is 22.7 Å². The van der Waals surface area contributed by atoms with Gasteiger partial charge in [-0.25, -0.2) is 0 Å². The van der Waals surface area contributed by atoms with Gasteiger partial charge in [-0.3, -0.25) is 10.1 Å². The Balaban J connectivity index is 1.25. The second-order valence-electron chi connectivity index (χ2n) is 13.9. The zero-order valence-corrected chi connectivity index (χ0v) is 33.1. The first-order valence-electron chi connectivity index (χ1n) is 18.5. The number of rotatable bonds is 18. The van der Waals surface area contributed by atoms with Crippen LogP contribution in [0.2, 0.25) is 10.0 Å². The van der Waals surface area contributed by atoms with Gasteiger partial charge in [0.05, 0.1) is 41.5 Å². The summed E-state index contributed by atoms with van der Waals surface area (Å²) >= 11 is 13.9. The maximum Gasteiger partial charge on any atom is 0.326 e. The van der Waals surface area contributed by atoms with Crippen LogP contribution in [-0.4, -0.2) is 64.7 Å². The number of fused-ring (bicyclic) bond motifs is 1. The van der Waals surface area contributed by atoms with Crippen molar-refractivity contribution in [2.24, 2.45) is 0 Å². The maximum absolute atomic E-state index is 11.9. The summed E-state index contributed by atoms with van der Waals surface area (Å²) in [4.78, 5) is 16.6. The van der Waals surface area contributed by atoms with Crippen molar-refractivity contribution in [2.75, 3.05) is 32.9 Å². The highest BCUT2D eigenvalue weighted by atomic mass is 35.5. The lowest BCUT2D eigenvalue weighted by molar-refractivity contribution is -0.145. The van der Waals surface area contributed by atoms with Crippen LogP contribution < -0.4 is 24.8 Å². The first-order valence-corrected chi connectivity index (χ1v) is 19.3. The smallest absolute Gasteiger partial charge is 0.326 e. The van der Waals surface area contributed by atoms with Crippen LogP contribution >= 0.6 is 23.2 Å². The number of nitriles is 2. The summed E-state index contributed by atoms with van der Waals surface area (Å²) in [7, 11) is 0. The van der Waals surface area contributed by atoms with E-state index in [-0.39, 0.29) is 36.5 Å². The Kier molecular flexibility index (Phi) is 13.9. The third-order valence-electron chi connectivity index (χ3n) is 9.83. The SMILES string of the molecule is C[C@@](CO)(NCc1cc(Cl)c(O[C@H]2CCc3c(-c4cccc(-c5ccc(OCCNCCO)cc5)c4Cl)cccc32)nc1OCc1cc(C#N)cc(C#N)c1)C(=O)O. The summed E-state index contributed by atoms with van der Waals surface area (Å²) < 4.78 is 18.5. The molecular weight excluding hydrogens is 781 g/mol. The van der Waals surface area contributed by atoms with E-state index < -0.39 is 24.2 Å². The Morgan fingerprint density at radius 3 is 2.31 bits per heavy atom. The largest absolute Gasteiger partial charge is 0.492 e. The Morgan fingerprint density at radius 1 is 0.914 bits per heavy atom. The van der Waals surface area contributed by atoms with E-state index in [1.165, 1.54) is 13.0 Å². The molecule has 0 spiro atoms. The first-order chi connectivity index (χ1) is 28.1. The lowest BCUT2D eigenvalue weighted by Gasteiger charge is -2.24. The average molecular weight is 823 g/mol. The van der Waals surface area contributed by atoms with Gasteiger partial charge in [-0.05, 0) is 84.0 Å². The predicted molar refractivity (Wildman–Crippen MR) is 219 cm³/mol. The molecule has 2 atom stereocenters. The number of aliphatic hydroxyl groups excluding tert-OH is 2. The molecule has 12 nitrogen and oxygen atoms in total. The van der Waals surface area contributed by atoms with E-state index in [0.29, 0.717) is 59.8 Å². The van der Waals surface area contributed by atoms with E-state index >= 15 is 0 Å². The fraction of sp³-hybridized carbons (Fsp3) is 0.273. The standard InChI is InChI=1S/C44H41Cl2N5O7/c1-44(26-53,43(54)55)50-24-31-21-38(45)42(51-41(31)57-25-29-19-27(22-47)18-28(20-29)23-48)58-39-13-12-35-34(5-3-6-36(35)39)37-7-2-4-33(40(37)46)30-8-10-32(11-9-30)56-17-15-49-14-16-52/h2-11,18-21,39,49-50,52-53H,12-17,24-26H2,1H3,(H,54,55)/t39-,44-/m0/s1. The van der Waals surface area contributed by atoms with E-state index in [0.717, 1.165) is 39.1 Å². The molecule has 0 amide bonds. The molecule has 4 aromatic carbocycles. The van der Waals surface area contributed by atoms with Crippen LogP contribution in [0.1, 0.15) is 52.8 Å². The van der Waals surface area contributed by atoms with Gasteiger partial charge in [0.1, 0.15) is 35.6 Å². The van der Waals surface area contributed by atoms with Crippen molar-refractivity contribution in [3.8, 4) is 51.9 Å². The molecule has 0 saturated heterocycles. The second-order valence-corrected chi connectivity index (χ2v) is 14.6. The van der Waals surface area contributed by atoms with E-state index in [1.54, 1.807) is 18.2 Å². The van der Waals surface area contributed by atoms with Gasteiger partial charge in [-0.1, -0.05) is 71.7 Å². The predicted octanol–water partition coefficient (Wildman–Crippen LogP) is 7.00. The van der Waals surface area contributed by atoms with Gasteiger partial charge < -0.3 is 34.8 Å². The van der Waals surface area contributed by atoms with Crippen LogP contribution in [0.4, 0.5) is 0 Å². The normalized spacial score (nSPS) is 14.2. The summed E-state index contributed by atoms with van der Waals surface area (Å²) in [6.45, 7) is 2.22. The third-order valence-corrected chi connectivity index (χ3v) is 10.5. The molecule has 0 fully saturated rings. The van der Waals surface area contributed by atoms with Crippen molar-refractivity contribution < 1.29 is 34.3 Å². The van der Waals surface area contributed by atoms with Crippen molar-refractivity contribution >= 4 is 29.2 Å². The maximum atomic E-state index is 11.9. The molecule has 5 aromatic rings. The van der Waals surface area contributed by atoms with Crippen LogP contribution in [0.5, 0.6) is 17.5 Å². The molecule has 6 rings (SSSR count). The van der Waals surface area contributed by atoms with Crippen molar-refractivity contribution in [2.45, 2.75) is 44.6 Å². The number of carboxylic acids is 1. The first kappa shape index (κ1) is 41.9. The third kappa shape index (κ3) is 9.69. The highest BCUT2D eigenvalue weighted by Gasteiger charge is 2.33. The molecule has 0 bridgehead atoms. The number of carbonyl (C=O) groups is 1. The Morgan fingerprint density at radius 2 is 1.62 bits per heavy atom. The van der Waals surface area contributed by atoms with Crippen molar-refractivity contribution in [1.82, 2.24) is 15.6 Å². The molecule has 0 aliphatic heterocycles. The topological polar surface area (TPSA) is 190 Å². The fourth-order valence-electron chi connectivity index (χ4n) is 6.64. The molecule has 298 valence electrons. The number of nitrogens with one attached hydrogen (secondary N) is 2. The number of hydrogen-bond donors (Lipinski definition) is 5. The summed E-state index contributed by atoms with van der Waals surface area (Å²) in [6.07, 6.45) is 0.911. The van der Waals surface area contributed by atoms with E-state index in [1.807, 2.05) is 72.8 Å². The molecule has 1 heterocycles. The number of benzene rings is 4. The van der Waals surface area contributed by atoms with Gasteiger partial charge >= 0.3 is 5.97 Å². The number of carboxylic acid groups (broad SMARTS) is 1.